The summed E-state index contributed by atoms with van der Waals surface area (Å²) in [6.45, 7) is 0. The highest BCUT2D eigenvalue weighted by Gasteiger charge is 2.33. The van der Waals surface area contributed by atoms with Crippen molar-refractivity contribution < 1.29 is 18.0 Å². The zero-order valence-electron chi connectivity index (χ0n) is 14.0. The van der Waals surface area contributed by atoms with Gasteiger partial charge in [0.15, 0.2) is 0 Å². The van der Waals surface area contributed by atoms with Crippen LogP contribution < -0.4 is 10.6 Å². The van der Waals surface area contributed by atoms with Crippen LogP contribution in [0.5, 0.6) is 0 Å². The van der Waals surface area contributed by atoms with Gasteiger partial charge in [-0.3, -0.25) is 4.79 Å². The molecule has 1 heterocycles. The maximum Gasteiger partial charge on any atom is 0.418 e. The molecule has 5 nitrogen and oxygen atoms in total. The van der Waals surface area contributed by atoms with Gasteiger partial charge >= 0.3 is 6.18 Å². The highest BCUT2D eigenvalue weighted by atomic mass is 19.4. The van der Waals surface area contributed by atoms with Crippen LogP contribution in [0.2, 0.25) is 0 Å². The van der Waals surface area contributed by atoms with Gasteiger partial charge in [0.05, 0.1) is 11.3 Å². The fourth-order valence-corrected chi connectivity index (χ4v) is 3.01. The Bertz CT molecular complexity index is 773. The molecule has 2 aromatic rings. The number of carbonyl (C=O) groups is 1. The highest BCUT2D eigenvalue weighted by molar-refractivity contribution is 6.03. The predicted octanol–water partition coefficient (Wildman–Crippen LogP) is 4.49. The number of carbonyl (C=O) groups excluding carboxylic acids is 1. The van der Waals surface area contributed by atoms with E-state index in [1.165, 1.54) is 36.9 Å². The summed E-state index contributed by atoms with van der Waals surface area (Å²) in [5, 5.41) is 5.48. The van der Waals surface area contributed by atoms with Crippen LogP contribution in [-0.2, 0) is 6.18 Å². The van der Waals surface area contributed by atoms with Crippen molar-refractivity contribution in [3.63, 3.8) is 0 Å². The molecule has 3 rings (SSSR count). The molecule has 1 aliphatic rings. The number of amides is 1. The fourth-order valence-electron chi connectivity index (χ4n) is 3.01. The molecule has 0 bridgehead atoms. The van der Waals surface area contributed by atoms with E-state index < -0.39 is 17.6 Å². The maximum absolute atomic E-state index is 13.0. The van der Waals surface area contributed by atoms with Crippen LogP contribution >= 0.6 is 0 Å². The summed E-state index contributed by atoms with van der Waals surface area (Å²) < 4.78 is 39.1. The Morgan fingerprint density at radius 2 is 1.81 bits per heavy atom. The number of halogens is 3. The second-order valence-corrected chi connectivity index (χ2v) is 6.24. The molecule has 1 saturated carbocycles. The van der Waals surface area contributed by atoms with Crippen LogP contribution in [0, 0.1) is 0 Å². The van der Waals surface area contributed by atoms with Gasteiger partial charge in [-0.2, -0.15) is 13.2 Å². The zero-order valence-corrected chi connectivity index (χ0v) is 14.0. The second kappa shape index (κ2) is 7.72. The number of alkyl halides is 3. The molecule has 1 aliphatic carbocycles. The lowest BCUT2D eigenvalue weighted by Crippen LogP contribution is -2.24. The summed E-state index contributed by atoms with van der Waals surface area (Å²) in [5.74, 6) is -0.399. The van der Waals surface area contributed by atoms with Gasteiger partial charge in [-0.25, -0.2) is 9.97 Å². The Kier molecular flexibility index (Phi) is 5.39. The standard InChI is InChI=1S/C18H19F3N4O/c19-18(20,21)13-8-4-5-9-14(13)24-16(26)15-10-11-22-17(25-15)23-12-6-2-1-3-7-12/h4-5,8-12H,1-3,6-7H2,(H,24,26)(H,22,23,25). The molecule has 1 amide bonds. The summed E-state index contributed by atoms with van der Waals surface area (Å²) in [6.07, 6.45) is 2.36. The van der Waals surface area contributed by atoms with E-state index in [0.29, 0.717) is 5.95 Å². The number of hydrogen-bond acceptors (Lipinski definition) is 4. The first-order valence-corrected chi connectivity index (χ1v) is 8.50. The number of nitrogens with one attached hydrogen (secondary N) is 2. The van der Waals surface area contributed by atoms with Gasteiger partial charge < -0.3 is 10.6 Å². The number of aromatic nitrogens is 2. The lowest BCUT2D eigenvalue weighted by atomic mass is 9.96. The van der Waals surface area contributed by atoms with Crippen molar-refractivity contribution in [3.8, 4) is 0 Å². The predicted molar refractivity (Wildman–Crippen MR) is 91.9 cm³/mol. The monoisotopic (exact) mass is 364 g/mol. The molecule has 138 valence electrons. The Hall–Kier alpha value is -2.64. The van der Waals surface area contributed by atoms with Crippen molar-refractivity contribution in [1.82, 2.24) is 9.97 Å². The first-order valence-electron chi connectivity index (χ1n) is 8.50. The van der Waals surface area contributed by atoms with Crippen LogP contribution in [0.3, 0.4) is 0 Å². The van der Waals surface area contributed by atoms with Crippen molar-refractivity contribution in [2.45, 2.75) is 44.3 Å². The summed E-state index contributed by atoms with van der Waals surface area (Å²) in [5.41, 5.74) is -1.19. The number of hydrogen-bond donors (Lipinski definition) is 2. The molecule has 0 aliphatic heterocycles. The van der Waals surface area contributed by atoms with Crippen molar-refractivity contribution in [1.29, 1.82) is 0 Å². The molecule has 0 atom stereocenters. The van der Waals surface area contributed by atoms with Crippen molar-refractivity contribution in [3.05, 3.63) is 47.8 Å². The van der Waals surface area contributed by atoms with Crippen LogP contribution in [-0.4, -0.2) is 21.9 Å². The molecule has 8 heteroatoms. The van der Waals surface area contributed by atoms with Gasteiger partial charge in [0.2, 0.25) is 5.95 Å². The van der Waals surface area contributed by atoms with Crippen molar-refractivity contribution in [2.24, 2.45) is 0 Å². The number of benzene rings is 1. The van der Waals surface area contributed by atoms with E-state index in [1.54, 1.807) is 0 Å². The third-order valence-corrected chi connectivity index (χ3v) is 4.31. The molecule has 1 aromatic carbocycles. The highest BCUT2D eigenvalue weighted by Crippen LogP contribution is 2.34. The van der Waals surface area contributed by atoms with E-state index in [9.17, 15) is 18.0 Å². The van der Waals surface area contributed by atoms with Crippen LogP contribution in [0.25, 0.3) is 0 Å². The number of para-hydroxylation sites is 1. The third-order valence-electron chi connectivity index (χ3n) is 4.31. The minimum absolute atomic E-state index is 0.00952. The van der Waals surface area contributed by atoms with Crippen molar-refractivity contribution >= 4 is 17.5 Å². The van der Waals surface area contributed by atoms with E-state index in [4.69, 9.17) is 0 Å². The molecule has 2 N–H and O–H groups in total. The van der Waals surface area contributed by atoms with Gasteiger partial charge in [-0.05, 0) is 31.0 Å². The lowest BCUT2D eigenvalue weighted by Gasteiger charge is -2.22. The minimum Gasteiger partial charge on any atom is -0.351 e. The number of anilines is 2. The SMILES string of the molecule is O=C(Nc1ccccc1C(F)(F)F)c1ccnc(NC2CCCCC2)n1. The molecule has 0 unspecified atom stereocenters. The third kappa shape index (κ3) is 4.50. The Labute approximate surface area is 149 Å². The van der Waals surface area contributed by atoms with Crippen molar-refractivity contribution in [2.75, 3.05) is 10.6 Å². The van der Waals surface area contributed by atoms with Gasteiger partial charge in [-0.1, -0.05) is 31.4 Å². The lowest BCUT2D eigenvalue weighted by molar-refractivity contribution is -0.136. The van der Waals surface area contributed by atoms with Gasteiger partial charge in [0.1, 0.15) is 5.69 Å². The molecular formula is C18H19F3N4O. The average molecular weight is 364 g/mol. The molecule has 0 saturated heterocycles. The molecule has 0 radical (unpaired) electrons. The summed E-state index contributed by atoms with van der Waals surface area (Å²) in [4.78, 5) is 20.6. The van der Waals surface area contributed by atoms with E-state index in [0.717, 1.165) is 31.7 Å². The minimum atomic E-state index is -4.55. The van der Waals surface area contributed by atoms with E-state index in [-0.39, 0.29) is 17.4 Å². The number of rotatable bonds is 4. The van der Waals surface area contributed by atoms with Crippen LogP contribution in [0.15, 0.2) is 36.5 Å². The Morgan fingerprint density at radius 1 is 1.08 bits per heavy atom. The Balaban J connectivity index is 1.73. The molecule has 0 spiro atoms. The quantitative estimate of drug-likeness (QED) is 0.839. The van der Waals surface area contributed by atoms with E-state index in [1.807, 2.05) is 0 Å². The van der Waals surface area contributed by atoms with Crippen LogP contribution in [0.1, 0.15) is 48.2 Å². The topological polar surface area (TPSA) is 66.9 Å². The largest absolute Gasteiger partial charge is 0.418 e. The first-order chi connectivity index (χ1) is 12.4. The van der Waals surface area contributed by atoms with Gasteiger partial charge in [-0.15, -0.1) is 0 Å². The fraction of sp³-hybridized carbons (Fsp3) is 0.389. The second-order valence-electron chi connectivity index (χ2n) is 6.24. The zero-order chi connectivity index (χ0) is 18.6. The summed E-state index contributed by atoms with van der Waals surface area (Å²) >= 11 is 0. The summed E-state index contributed by atoms with van der Waals surface area (Å²) in [6, 6.07) is 6.47. The summed E-state index contributed by atoms with van der Waals surface area (Å²) in [7, 11) is 0. The first kappa shape index (κ1) is 18.2. The van der Waals surface area contributed by atoms with E-state index >= 15 is 0 Å². The Morgan fingerprint density at radius 3 is 2.54 bits per heavy atom. The molecular weight excluding hydrogens is 345 g/mol. The van der Waals surface area contributed by atoms with Crippen LogP contribution in [0.4, 0.5) is 24.8 Å². The molecule has 26 heavy (non-hydrogen) atoms. The van der Waals surface area contributed by atoms with E-state index in [2.05, 4.69) is 20.6 Å². The maximum atomic E-state index is 13.0. The smallest absolute Gasteiger partial charge is 0.351 e. The molecule has 1 aromatic heterocycles. The van der Waals surface area contributed by atoms with Gasteiger partial charge in [0.25, 0.3) is 5.91 Å². The van der Waals surface area contributed by atoms with Gasteiger partial charge in [0, 0.05) is 12.2 Å². The normalized spacial score (nSPS) is 15.5. The number of nitrogens with zero attached hydrogens (tertiary/aromatic N) is 2. The molecule has 1 fully saturated rings. The average Bonchev–Trinajstić information content (AvgIpc) is 2.62.